The van der Waals surface area contributed by atoms with Gasteiger partial charge in [-0.05, 0) is 25.0 Å². The Morgan fingerprint density at radius 3 is 2.81 bits per heavy atom. The van der Waals surface area contributed by atoms with Gasteiger partial charge in [0.1, 0.15) is 0 Å². The minimum Gasteiger partial charge on any atom is -0.355 e. The maximum Gasteiger partial charge on any atom is 0.276 e. The summed E-state index contributed by atoms with van der Waals surface area (Å²) in [5.74, 6) is 0.425. The molecule has 0 radical (unpaired) electrons. The molecule has 3 rings (SSSR count). The van der Waals surface area contributed by atoms with Gasteiger partial charge in [-0.25, -0.2) is 0 Å². The number of piperidine rings is 1. The van der Waals surface area contributed by atoms with Gasteiger partial charge in [0.05, 0.1) is 0 Å². The molecule has 0 spiro atoms. The van der Waals surface area contributed by atoms with E-state index in [2.05, 4.69) is 5.16 Å². The van der Waals surface area contributed by atoms with Crippen molar-refractivity contribution in [1.82, 2.24) is 10.1 Å². The van der Waals surface area contributed by atoms with Crippen molar-refractivity contribution < 1.29 is 9.32 Å². The Morgan fingerprint density at radius 2 is 2.10 bits per heavy atom. The molecule has 1 fully saturated rings. The summed E-state index contributed by atoms with van der Waals surface area (Å²) in [4.78, 5) is 14.1. The molecule has 5 nitrogen and oxygen atoms in total. The van der Waals surface area contributed by atoms with E-state index >= 15 is 0 Å². The number of hydrogen-bond acceptors (Lipinski definition) is 4. The Kier molecular flexibility index (Phi) is 3.94. The van der Waals surface area contributed by atoms with E-state index in [1.165, 1.54) is 0 Å². The second-order valence-corrected chi connectivity index (χ2v) is 5.65. The van der Waals surface area contributed by atoms with Crippen LogP contribution in [0.15, 0.2) is 34.9 Å². The maximum atomic E-state index is 12.4. The van der Waals surface area contributed by atoms with Crippen molar-refractivity contribution in [2.45, 2.75) is 18.9 Å². The molecule has 1 aliphatic rings. The quantitative estimate of drug-likeness (QED) is 0.925. The van der Waals surface area contributed by atoms with Gasteiger partial charge in [-0.1, -0.05) is 28.9 Å². The second-order valence-electron chi connectivity index (χ2n) is 5.22. The lowest BCUT2D eigenvalue weighted by atomic mass is 10.1. The maximum absolute atomic E-state index is 12.4. The van der Waals surface area contributed by atoms with Gasteiger partial charge < -0.3 is 15.2 Å². The molecule has 1 aromatic heterocycles. The molecule has 1 amide bonds. The van der Waals surface area contributed by atoms with Gasteiger partial charge >= 0.3 is 0 Å². The van der Waals surface area contributed by atoms with Crippen molar-refractivity contribution in [2.24, 2.45) is 5.73 Å². The van der Waals surface area contributed by atoms with Crippen LogP contribution in [0.2, 0.25) is 5.02 Å². The number of nitrogens with zero attached hydrogens (tertiary/aromatic N) is 2. The van der Waals surface area contributed by atoms with Crippen LogP contribution in [0.25, 0.3) is 11.3 Å². The summed E-state index contributed by atoms with van der Waals surface area (Å²) >= 11 is 5.95. The zero-order valence-corrected chi connectivity index (χ0v) is 12.2. The van der Waals surface area contributed by atoms with Crippen molar-refractivity contribution in [2.75, 3.05) is 13.1 Å². The van der Waals surface area contributed by atoms with Crippen LogP contribution in [0, 0.1) is 0 Å². The Balaban J connectivity index is 1.77. The Morgan fingerprint density at radius 1 is 1.33 bits per heavy atom. The van der Waals surface area contributed by atoms with E-state index in [1.54, 1.807) is 23.1 Å². The summed E-state index contributed by atoms with van der Waals surface area (Å²) in [6.45, 7) is 1.33. The van der Waals surface area contributed by atoms with Crippen molar-refractivity contribution in [3.05, 3.63) is 41.0 Å². The van der Waals surface area contributed by atoms with Crippen molar-refractivity contribution in [3.63, 3.8) is 0 Å². The molecule has 21 heavy (non-hydrogen) atoms. The van der Waals surface area contributed by atoms with Crippen molar-refractivity contribution in [3.8, 4) is 11.3 Å². The molecule has 110 valence electrons. The van der Waals surface area contributed by atoms with Gasteiger partial charge in [0.25, 0.3) is 5.91 Å². The number of carbonyl (C=O) groups is 1. The largest absolute Gasteiger partial charge is 0.355 e. The van der Waals surface area contributed by atoms with E-state index in [4.69, 9.17) is 21.9 Å². The SMILES string of the molecule is NC1CCN(C(=O)c2cc(-c3cccc(Cl)c3)on2)CC1. The summed E-state index contributed by atoms with van der Waals surface area (Å²) in [6, 6.07) is 9.09. The molecular formula is C15H16ClN3O2. The van der Waals surface area contributed by atoms with Crippen LogP contribution in [-0.4, -0.2) is 35.1 Å². The lowest BCUT2D eigenvalue weighted by Crippen LogP contribution is -2.42. The average molecular weight is 306 g/mol. The summed E-state index contributed by atoms with van der Waals surface area (Å²) in [7, 11) is 0. The van der Waals surface area contributed by atoms with Crippen molar-refractivity contribution >= 4 is 17.5 Å². The van der Waals surface area contributed by atoms with Crippen LogP contribution < -0.4 is 5.73 Å². The number of halogens is 1. The fourth-order valence-electron chi connectivity index (χ4n) is 2.42. The zero-order chi connectivity index (χ0) is 14.8. The van der Waals surface area contributed by atoms with Gasteiger partial charge in [-0.2, -0.15) is 0 Å². The summed E-state index contributed by atoms with van der Waals surface area (Å²) in [5.41, 5.74) is 6.97. The third-order valence-corrected chi connectivity index (χ3v) is 3.90. The van der Waals surface area contributed by atoms with E-state index in [1.807, 2.05) is 12.1 Å². The highest BCUT2D eigenvalue weighted by Crippen LogP contribution is 2.24. The molecule has 1 saturated heterocycles. The third kappa shape index (κ3) is 3.09. The molecule has 2 aromatic rings. The minimum atomic E-state index is -0.112. The predicted molar refractivity (Wildman–Crippen MR) is 80.1 cm³/mol. The van der Waals surface area contributed by atoms with Crippen LogP contribution in [0.3, 0.4) is 0 Å². The van der Waals surface area contributed by atoms with Crippen LogP contribution in [0.4, 0.5) is 0 Å². The Hall–Kier alpha value is -1.85. The Bertz CT molecular complexity index is 648. The number of amides is 1. The molecule has 0 aliphatic carbocycles. The molecule has 0 atom stereocenters. The number of benzene rings is 1. The minimum absolute atomic E-state index is 0.112. The molecule has 6 heteroatoms. The number of likely N-dealkylation sites (tertiary alicyclic amines) is 1. The standard InChI is InChI=1S/C15H16ClN3O2/c16-11-3-1-2-10(8-11)14-9-13(18-21-14)15(20)19-6-4-12(17)5-7-19/h1-3,8-9,12H,4-7,17H2. The van der Waals surface area contributed by atoms with E-state index in [0.29, 0.717) is 29.6 Å². The summed E-state index contributed by atoms with van der Waals surface area (Å²) < 4.78 is 5.26. The molecule has 1 aromatic carbocycles. The van der Waals surface area contributed by atoms with E-state index in [9.17, 15) is 4.79 Å². The monoisotopic (exact) mass is 305 g/mol. The molecule has 0 bridgehead atoms. The number of hydrogen-bond donors (Lipinski definition) is 1. The van der Waals surface area contributed by atoms with E-state index in [0.717, 1.165) is 18.4 Å². The van der Waals surface area contributed by atoms with Gasteiger partial charge in [0, 0.05) is 35.8 Å². The first kappa shape index (κ1) is 14.1. The van der Waals surface area contributed by atoms with Crippen LogP contribution in [0.1, 0.15) is 23.3 Å². The first-order valence-electron chi connectivity index (χ1n) is 6.91. The number of rotatable bonds is 2. The topological polar surface area (TPSA) is 72.4 Å². The average Bonchev–Trinajstić information content (AvgIpc) is 2.97. The lowest BCUT2D eigenvalue weighted by Gasteiger charge is -2.29. The van der Waals surface area contributed by atoms with Gasteiger partial charge in [0.2, 0.25) is 0 Å². The fourth-order valence-corrected chi connectivity index (χ4v) is 2.61. The number of nitrogens with two attached hydrogens (primary N) is 1. The molecule has 0 saturated carbocycles. The molecular weight excluding hydrogens is 290 g/mol. The lowest BCUT2D eigenvalue weighted by molar-refractivity contribution is 0.0704. The predicted octanol–water partition coefficient (Wildman–Crippen LogP) is 2.56. The fraction of sp³-hybridized carbons (Fsp3) is 0.333. The molecule has 0 unspecified atom stereocenters. The number of aromatic nitrogens is 1. The van der Waals surface area contributed by atoms with E-state index < -0.39 is 0 Å². The number of carbonyl (C=O) groups excluding carboxylic acids is 1. The highest BCUT2D eigenvalue weighted by atomic mass is 35.5. The van der Waals surface area contributed by atoms with Crippen LogP contribution >= 0.6 is 11.6 Å². The van der Waals surface area contributed by atoms with Gasteiger partial charge in [-0.3, -0.25) is 4.79 Å². The van der Waals surface area contributed by atoms with Crippen molar-refractivity contribution in [1.29, 1.82) is 0 Å². The van der Waals surface area contributed by atoms with Gasteiger partial charge in [-0.15, -0.1) is 0 Å². The smallest absolute Gasteiger partial charge is 0.276 e. The Labute approximate surface area is 127 Å². The first-order valence-corrected chi connectivity index (χ1v) is 7.29. The second kappa shape index (κ2) is 5.87. The van der Waals surface area contributed by atoms with E-state index in [-0.39, 0.29) is 11.9 Å². The van der Waals surface area contributed by atoms with Crippen LogP contribution in [0.5, 0.6) is 0 Å². The summed E-state index contributed by atoms with van der Waals surface area (Å²) in [5, 5.41) is 4.49. The zero-order valence-electron chi connectivity index (χ0n) is 11.5. The highest BCUT2D eigenvalue weighted by molar-refractivity contribution is 6.30. The third-order valence-electron chi connectivity index (χ3n) is 3.67. The molecule has 2 heterocycles. The first-order chi connectivity index (χ1) is 10.1. The van der Waals surface area contributed by atoms with Crippen LogP contribution in [-0.2, 0) is 0 Å². The highest BCUT2D eigenvalue weighted by Gasteiger charge is 2.24. The molecule has 1 aliphatic heterocycles. The van der Waals surface area contributed by atoms with Gasteiger partial charge in [0.15, 0.2) is 11.5 Å². The summed E-state index contributed by atoms with van der Waals surface area (Å²) in [6.07, 6.45) is 1.65. The molecule has 2 N–H and O–H groups in total. The normalized spacial score (nSPS) is 16.2.